The highest BCUT2D eigenvalue weighted by Crippen LogP contribution is 2.36. The number of hydrogen-bond acceptors (Lipinski definition) is 1. The van der Waals surface area contributed by atoms with E-state index < -0.39 is 0 Å². The Labute approximate surface area is 91.5 Å². The molecule has 0 unspecified atom stereocenters. The van der Waals surface area contributed by atoms with Crippen LogP contribution in [0.1, 0.15) is 48.7 Å². The van der Waals surface area contributed by atoms with E-state index >= 15 is 0 Å². The first kappa shape index (κ1) is 10.4. The molecule has 0 heterocycles. The van der Waals surface area contributed by atoms with Crippen molar-refractivity contribution in [2.75, 3.05) is 0 Å². The molecule has 80 valence electrons. The van der Waals surface area contributed by atoms with Gasteiger partial charge < -0.3 is 0 Å². The van der Waals surface area contributed by atoms with E-state index in [2.05, 4.69) is 26.0 Å². The van der Waals surface area contributed by atoms with Gasteiger partial charge in [0, 0.05) is 12.0 Å². The van der Waals surface area contributed by atoms with Gasteiger partial charge >= 0.3 is 0 Å². The van der Waals surface area contributed by atoms with Gasteiger partial charge in [-0.25, -0.2) is 0 Å². The standard InChI is InChI=1S/C14H18O/c1-4-13(15)10-5-6-11-8-14(2,3)9-12(11)7-10/h5-7H,4,8-9H2,1-3H3. The monoisotopic (exact) mass is 202 g/mol. The first-order valence-electron chi connectivity index (χ1n) is 5.67. The first-order valence-corrected chi connectivity index (χ1v) is 5.67. The van der Waals surface area contributed by atoms with Crippen LogP contribution in [0.3, 0.4) is 0 Å². The molecule has 0 N–H and O–H groups in total. The third-order valence-corrected chi connectivity index (χ3v) is 3.19. The summed E-state index contributed by atoms with van der Waals surface area (Å²) < 4.78 is 0. The van der Waals surface area contributed by atoms with Crippen molar-refractivity contribution in [3.05, 3.63) is 34.9 Å². The van der Waals surface area contributed by atoms with Gasteiger partial charge in [-0.15, -0.1) is 0 Å². The highest BCUT2D eigenvalue weighted by atomic mass is 16.1. The predicted molar refractivity (Wildman–Crippen MR) is 62.3 cm³/mol. The zero-order valence-electron chi connectivity index (χ0n) is 9.76. The molecular weight excluding hydrogens is 184 g/mol. The van der Waals surface area contributed by atoms with Gasteiger partial charge in [-0.05, 0) is 35.4 Å². The van der Waals surface area contributed by atoms with Gasteiger partial charge in [0.15, 0.2) is 5.78 Å². The van der Waals surface area contributed by atoms with Crippen molar-refractivity contribution in [2.45, 2.75) is 40.0 Å². The van der Waals surface area contributed by atoms with Gasteiger partial charge in [0.25, 0.3) is 0 Å². The molecule has 1 nitrogen and oxygen atoms in total. The maximum atomic E-state index is 11.6. The van der Waals surface area contributed by atoms with Crippen molar-refractivity contribution in [1.82, 2.24) is 0 Å². The first-order chi connectivity index (χ1) is 7.02. The van der Waals surface area contributed by atoms with Crippen molar-refractivity contribution < 1.29 is 4.79 Å². The summed E-state index contributed by atoms with van der Waals surface area (Å²) >= 11 is 0. The average molecular weight is 202 g/mol. The lowest BCUT2D eigenvalue weighted by Gasteiger charge is -2.14. The molecule has 0 fully saturated rings. The summed E-state index contributed by atoms with van der Waals surface area (Å²) in [6.45, 7) is 6.49. The van der Waals surface area contributed by atoms with Crippen molar-refractivity contribution >= 4 is 5.78 Å². The molecule has 15 heavy (non-hydrogen) atoms. The van der Waals surface area contributed by atoms with Crippen LogP contribution in [0.5, 0.6) is 0 Å². The van der Waals surface area contributed by atoms with E-state index in [1.54, 1.807) is 0 Å². The fourth-order valence-electron chi connectivity index (χ4n) is 2.43. The number of hydrogen-bond donors (Lipinski definition) is 0. The fraction of sp³-hybridized carbons (Fsp3) is 0.500. The van der Waals surface area contributed by atoms with Crippen LogP contribution in [-0.2, 0) is 12.8 Å². The number of ketones is 1. The number of carbonyl (C=O) groups is 1. The summed E-state index contributed by atoms with van der Waals surface area (Å²) in [5.41, 5.74) is 4.05. The Morgan fingerprint density at radius 2 is 1.93 bits per heavy atom. The molecule has 1 aliphatic rings. The summed E-state index contributed by atoms with van der Waals surface area (Å²) in [5, 5.41) is 0. The molecule has 0 spiro atoms. The van der Waals surface area contributed by atoms with E-state index in [9.17, 15) is 4.79 Å². The van der Waals surface area contributed by atoms with Gasteiger partial charge in [-0.2, -0.15) is 0 Å². The summed E-state index contributed by atoms with van der Waals surface area (Å²) in [5.74, 6) is 0.252. The predicted octanol–water partition coefficient (Wildman–Crippen LogP) is 3.40. The number of fused-ring (bicyclic) bond motifs is 1. The lowest BCUT2D eigenvalue weighted by molar-refractivity contribution is 0.0988. The van der Waals surface area contributed by atoms with Crippen LogP contribution in [0, 0.1) is 5.41 Å². The largest absolute Gasteiger partial charge is 0.294 e. The van der Waals surface area contributed by atoms with Crippen molar-refractivity contribution in [3.8, 4) is 0 Å². The Bertz CT molecular complexity index is 402. The molecule has 0 aliphatic heterocycles. The van der Waals surface area contributed by atoms with Gasteiger partial charge in [-0.3, -0.25) is 4.79 Å². The number of carbonyl (C=O) groups excluding carboxylic acids is 1. The average Bonchev–Trinajstić information content (AvgIpc) is 2.49. The van der Waals surface area contributed by atoms with E-state index in [4.69, 9.17) is 0 Å². The van der Waals surface area contributed by atoms with E-state index in [0.717, 1.165) is 18.4 Å². The highest BCUT2D eigenvalue weighted by molar-refractivity contribution is 5.96. The van der Waals surface area contributed by atoms with Gasteiger partial charge in [-0.1, -0.05) is 32.9 Å². The second-order valence-electron chi connectivity index (χ2n) is 5.28. The van der Waals surface area contributed by atoms with Crippen molar-refractivity contribution in [3.63, 3.8) is 0 Å². The molecule has 0 atom stereocenters. The molecule has 1 heteroatoms. The Kier molecular flexibility index (Phi) is 2.41. The Balaban J connectivity index is 2.34. The minimum absolute atomic E-state index is 0.252. The zero-order valence-corrected chi connectivity index (χ0v) is 9.76. The van der Waals surface area contributed by atoms with Crippen LogP contribution in [0.2, 0.25) is 0 Å². The van der Waals surface area contributed by atoms with Gasteiger partial charge in [0.05, 0.1) is 0 Å². The summed E-state index contributed by atoms with van der Waals surface area (Å²) in [4.78, 5) is 11.6. The molecule has 1 aromatic carbocycles. The Morgan fingerprint density at radius 3 is 2.60 bits per heavy atom. The Hall–Kier alpha value is -1.11. The summed E-state index contributed by atoms with van der Waals surface area (Å²) in [6, 6.07) is 6.20. The van der Waals surface area contributed by atoms with E-state index in [0.29, 0.717) is 11.8 Å². The molecule has 1 aliphatic carbocycles. The fourth-order valence-corrected chi connectivity index (χ4v) is 2.43. The SMILES string of the molecule is CCC(=O)c1ccc2c(c1)CC(C)(C)C2. The van der Waals surface area contributed by atoms with E-state index in [1.807, 2.05) is 13.0 Å². The van der Waals surface area contributed by atoms with Crippen LogP contribution < -0.4 is 0 Å². The minimum Gasteiger partial charge on any atom is -0.294 e. The van der Waals surface area contributed by atoms with Gasteiger partial charge in [0.1, 0.15) is 0 Å². The van der Waals surface area contributed by atoms with E-state index in [1.165, 1.54) is 11.1 Å². The third kappa shape index (κ3) is 1.97. The van der Waals surface area contributed by atoms with Crippen molar-refractivity contribution in [2.24, 2.45) is 5.41 Å². The second kappa shape index (κ2) is 3.48. The Morgan fingerprint density at radius 1 is 1.27 bits per heavy atom. The molecular formula is C14H18O. The van der Waals surface area contributed by atoms with Crippen LogP contribution in [-0.4, -0.2) is 5.78 Å². The van der Waals surface area contributed by atoms with E-state index in [-0.39, 0.29) is 5.78 Å². The smallest absolute Gasteiger partial charge is 0.162 e. The lowest BCUT2D eigenvalue weighted by atomic mass is 9.90. The summed E-state index contributed by atoms with van der Waals surface area (Å²) in [7, 11) is 0. The molecule has 1 aromatic rings. The maximum absolute atomic E-state index is 11.6. The number of Topliss-reactive ketones (excluding diaryl/α,β-unsaturated/α-hetero) is 1. The third-order valence-electron chi connectivity index (χ3n) is 3.19. The molecule has 2 rings (SSSR count). The quantitative estimate of drug-likeness (QED) is 0.672. The maximum Gasteiger partial charge on any atom is 0.162 e. The van der Waals surface area contributed by atoms with Gasteiger partial charge in [0.2, 0.25) is 0 Å². The van der Waals surface area contributed by atoms with Crippen LogP contribution in [0.25, 0.3) is 0 Å². The topological polar surface area (TPSA) is 17.1 Å². The van der Waals surface area contributed by atoms with Crippen molar-refractivity contribution in [1.29, 1.82) is 0 Å². The second-order valence-corrected chi connectivity index (χ2v) is 5.28. The molecule has 0 radical (unpaired) electrons. The van der Waals surface area contributed by atoms with Crippen LogP contribution >= 0.6 is 0 Å². The number of rotatable bonds is 2. The molecule has 0 bridgehead atoms. The number of benzene rings is 1. The zero-order chi connectivity index (χ0) is 11.1. The summed E-state index contributed by atoms with van der Waals surface area (Å²) in [6.07, 6.45) is 2.85. The van der Waals surface area contributed by atoms with Crippen LogP contribution in [0.15, 0.2) is 18.2 Å². The normalized spacial score (nSPS) is 17.5. The molecule has 0 amide bonds. The minimum atomic E-state index is 0.252. The van der Waals surface area contributed by atoms with Crippen LogP contribution in [0.4, 0.5) is 0 Å². The lowest BCUT2D eigenvalue weighted by Crippen LogP contribution is -2.09. The molecule has 0 saturated carbocycles. The molecule has 0 saturated heterocycles. The highest BCUT2D eigenvalue weighted by Gasteiger charge is 2.28. The molecule has 0 aromatic heterocycles.